The van der Waals surface area contributed by atoms with E-state index in [0.29, 0.717) is 6.42 Å². The van der Waals surface area contributed by atoms with Crippen molar-refractivity contribution in [2.24, 2.45) is 0 Å². The first-order valence-electron chi connectivity index (χ1n) is 3.62. The molecule has 1 saturated heterocycles. The Balaban J connectivity index is 2.64. The number of carbonyl (C=O) groups excluding carboxylic acids is 1. The molecule has 0 unspecified atom stereocenters. The second-order valence-corrected chi connectivity index (χ2v) is 2.53. The van der Waals surface area contributed by atoms with Crippen molar-refractivity contribution in [2.75, 3.05) is 7.11 Å². The molecule has 0 spiro atoms. The van der Waals surface area contributed by atoms with Crippen LogP contribution in [0.25, 0.3) is 0 Å². The smallest absolute Gasteiger partial charge is 0.338 e. The molecular weight excluding hydrogens is 148 g/mol. The molecule has 0 saturated carbocycles. The summed E-state index contributed by atoms with van der Waals surface area (Å²) < 4.78 is 9.71. The van der Waals surface area contributed by atoms with E-state index in [9.17, 15) is 4.79 Å². The Morgan fingerprint density at radius 1 is 1.73 bits per heavy atom. The Morgan fingerprint density at radius 2 is 2.36 bits per heavy atom. The van der Waals surface area contributed by atoms with E-state index in [2.05, 4.69) is 0 Å². The predicted molar refractivity (Wildman–Crippen MR) is 37.0 cm³/mol. The van der Waals surface area contributed by atoms with Gasteiger partial charge in [0, 0.05) is 7.11 Å². The van der Waals surface area contributed by atoms with Crippen molar-refractivity contribution in [3.8, 4) is 0 Å². The summed E-state index contributed by atoms with van der Waals surface area (Å²) in [6.45, 7) is 1.88. The van der Waals surface area contributed by atoms with Crippen LogP contribution < -0.4 is 0 Å². The minimum absolute atomic E-state index is 0.289. The van der Waals surface area contributed by atoms with E-state index in [1.807, 2.05) is 6.92 Å². The fraction of sp³-hybridized carbons (Fsp3) is 0.857. The summed E-state index contributed by atoms with van der Waals surface area (Å²) in [5, 5.41) is 9.16. The third-order valence-electron chi connectivity index (χ3n) is 1.86. The number of carbonyl (C=O) groups is 1. The van der Waals surface area contributed by atoms with E-state index in [1.165, 1.54) is 7.11 Å². The van der Waals surface area contributed by atoms with Crippen LogP contribution in [0.2, 0.25) is 0 Å². The van der Waals surface area contributed by atoms with E-state index in [1.54, 1.807) is 0 Å². The SMILES string of the molecule is CC[C@H]1OC(=O)[C@@H](O)[C@H]1OC. The Kier molecular flexibility index (Phi) is 2.46. The lowest BCUT2D eigenvalue weighted by Gasteiger charge is -2.14. The van der Waals surface area contributed by atoms with Gasteiger partial charge in [0.15, 0.2) is 6.10 Å². The quantitative estimate of drug-likeness (QED) is 0.563. The molecule has 1 N–H and O–H groups in total. The second kappa shape index (κ2) is 3.19. The van der Waals surface area contributed by atoms with Crippen LogP contribution in [-0.4, -0.2) is 36.5 Å². The Bertz CT molecular complexity index is 157. The van der Waals surface area contributed by atoms with Crippen LogP contribution in [0.4, 0.5) is 0 Å². The molecule has 1 aliphatic heterocycles. The van der Waals surface area contributed by atoms with Crippen LogP contribution in [-0.2, 0) is 14.3 Å². The van der Waals surface area contributed by atoms with Gasteiger partial charge in [-0.1, -0.05) is 6.92 Å². The summed E-state index contributed by atoms with van der Waals surface area (Å²) in [5.41, 5.74) is 0. The zero-order valence-electron chi connectivity index (χ0n) is 6.61. The first-order chi connectivity index (χ1) is 5.20. The summed E-state index contributed by atoms with van der Waals surface area (Å²) in [4.78, 5) is 10.8. The number of ether oxygens (including phenoxy) is 2. The molecular formula is C7H12O4. The zero-order valence-corrected chi connectivity index (χ0v) is 6.61. The molecule has 0 amide bonds. The number of hydrogen-bond donors (Lipinski definition) is 1. The summed E-state index contributed by atoms with van der Waals surface area (Å²) in [5.74, 6) is -0.580. The monoisotopic (exact) mass is 160 g/mol. The summed E-state index contributed by atoms with van der Waals surface area (Å²) in [6.07, 6.45) is -1.22. The van der Waals surface area contributed by atoms with Gasteiger partial charge >= 0.3 is 5.97 Å². The van der Waals surface area contributed by atoms with Crippen LogP contribution in [0, 0.1) is 0 Å². The topological polar surface area (TPSA) is 55.8 Å². The number of rotatable bonds is 2. The van der Waals surface area contributed by atoms with Crippen molar-refractivity contribution in [2.45, 2.75) is 31.7 Å². The van der Waals surface area contributed by atoms with Gasteiger partial charge in [-0.15, -0.1) is 0 Å². The van der Waals surface area contributed by atoms with Crippen LogP contribution >= 0.6 is 0 Å². The lowest BCUT2D eigenvalue weighted by Crippen LogP contribution is -2.32. The average Bonchev–Trinajstić information content (AvgIpc) is 2.28. The van der Waals surface area contributed by atoms with Crippen LogP contribution in [0.5, 0.6) is 0 Å². The molecule has 4 heteroatoms. The number of cyclic esters (lactones) is 1. The molecule has 0 aromatic heterocycles. The van der Waals surface area contributed by atoms with Gasteiger partial charge in [0.25, 0.3) is 0 Å². The Hall–Kier alpha value is -0.610. The zero-order chi connectivity index (χ0) is 8.43. The summed E-state index contributed by atoms with van der Waals surface area (Å²) in [7, 11) is 1.46. The fourth-order valence-electron chi connectivity index (χ4n) is 1.22. The van der Waals surface area contributed by atoms with Gasteiger partial charge in [0.1, 0.15) is 12.2 Å². The Labute approximate surface area is 65.1 Å². The van der Waals surface area contributed by atoms with Gasteiger partial charge in [-0.2, -0.15) is 0 Å². The van der Waals surface area contributed by atoms with E-state index in [4.69, 9.17) is 14.6 Å². The van der Waals surface area contributed by atoms with Crippen molar-refractivity contribution in [3.05, 3.63) is 0 Å². The van der Waals surface area contributed by atoms with Crippen LogP contribution in [0.1, 0.15) is 13.3 Å². The maximum absolute atomic E-state index is 10.8. The van der Waals surface area contributed by atoms with E-state index in [0.717, 1.165) is 0 Å². The maximum atomic E-state index is 10.8. The molecule has 1 rings (SSSR count). The molecule has 0 aromatic rings. The third kappa shape index (κ3) is 1.36. The second-order valence-electron chi connectivity index (χ2n) is 2.53. The van der Waals surface area contributed by atoms with E-state index in [-0.39, 0.29) is 6.10 Å². The van der Waals surface area contributed by atoms with Crippen molar-refractivity contribution in [1.82, 2.24) is 0 Å². The van der Waals surface area contributed by atoms with Crippen LogP contribution in [0.15, 0.2) is 0 Å². The van der Waals surface area contributed by atoms with Gasteiger partial charge in [0.2, 0.25) is 0 Å². The van der Waals surface area contributed by atoms with Gasteiger partial charge in [-0.3, -0.25) is 0 Å². The number of aliphatic hydroxyl groups excluding tert-OH is 1. The Morgan fingerprint density at radius 3 is 2.73 bits per heavy atom. The maximum Gasteiger partial charge on any atom is 0.338 e. The van der Waals surface area contributed by atoms with Crippen molar-refractivity contribution < 1.29 is 19.4 Å². The molecule has 64 valence electrons. The first-order valence-corrected chi connectivity index (χ1v) is 3.62. The number of aliphatic hydroxyl groups is 1. The summed E-state index contributed by atoms with van der Waals surface area (Å²) in [6, 6.07) is 0. The molecule has 0 radical (unpaired) electrons. The highest BCUT2D eigenvalue weighted by molar-refractivity contribution is 5.77. The standard InChI is InChI=1S/C7H12O4/c1-3-4-6(10-2)5(8)7(9)11-4/h4-6,8H,3H2,1-2H3/t4-,5+,6+/m1/s1. The lowest BCUT2D eigenvalue weighted by atomic mass is 10.1. The molecule has 3 atom stereocenters. The number of esters is 1. The highest BCUT2D eigenvalue weighted by Gasteiger charge is 2.42. The molecule has 4 nitrogen and oxygen atoms in total. The fourth-order valence-corrected chi connectivity index (χ4v) is 1.22. The summed E-state index contributed by atoms with van der Waals surface area (Å²) >= 11 is 0. The number of methoxy groups -OCH3 is 1. The molecule has 11 heavy (non-hydrogen) atoms. The number of hydrogen-bond acceptors (Lipinski definition) is 4. The molecule has 0 aliphatic carbocycles. The molecule has 1 heterocycles. The van der Waals surface area contributed by atoms with Crippen molar-refractivity contribution >= 4 is 5.97 Å². The molecule has 0 aromatic carbocycles. The van der Waals surface area contributed by atoms with Gasteiger partial charge in [0.05, 0.1) is 0 Å². The largest absolute Gasteiger partial charge is 0.457 e. The van der Waals surface area contributed by atoms with Crippen LogP contribution in [0.3, 0.4) is 0 Å². The van der Waals surface area contributed by atoms with Crippen molar-refractivity contribution in [3.63, 3.8) is 0 Å². The first kappa shape index (κ1) is 8.49. The highest BCUT2D eigenvalue weighted by Crippen LogP contribution is 2.20. The molecule has 1 fully saturated rings. The highest BCUT2D eigenvalue weighted by atomic mass is 16.6. The predicted octanol–water partition coefficient (Wildman–Crippen LogP) is -0.302. The van der Waals surface area contributed by atoms with E-state index < -0.39 is 18.2 Å². The lowest BCUT2D eigenvalue weighted by molar-refractivity contribution is -0.147. The van der Waals surface area contributed by atoms with Gasteiger partial charge in [-0.05, 0) is 6.42 Å². The molecule has 1 aliphatic rings. The van der Waals surface area contributed by atoms with Gasteiger partial charge < -0.3 is 14.6 Å². The molecule has 0 bridgehead atoms. The van der Waals surface area contributed by atoms with E-state index >= 15 is 0 Å². The minimum atomic E-state index is -1.11. The van der Waals surface area contributed by atoms with Crippen molar-refractivity contribution in [1.29, 1.82) is 0 Å². The normalized spacial score (nSPS) is 37.4. The third-order valence-corrected chi connectivity index (χ3v) is 1.86. The van der Waals surface area contributed by atoms with Gasteiger partial charge in [-0.25, -0.2) is 4.79 Å². The minimum Gasteiger partial charge on any atom is -0.457 e. The average molecular weight is 160 g/mol.